The SMILES string of the molecule is CO[C@@H](C(=O)NCC(C(=O)O)C1CCOCC1)c1ccccc1. The zero-order chi connectivity index (χ0) is 16.7. The Morgan fingerprint density at radius 1 is 1.30 bits per heavy atom. The number of carbonyl (C=O) groups is 2. The lowest BCUT2D eigenvalue weighted by molar-refractivity contribution is -0.145. The standard InChI is InChI=1S/C17H23NO5/c1-22-15(13-5-3-2-4-6-13)16(19)18-11-14(17(20)21)12-7-9-23-10-8-12/h2-6,12,14-15H,7-11H2,1H3,(H,18,19)(H,20,21)/t14?,15-/m1/s1. The molecule has 1 fully saturated rings. The molecule has 1 unspecified atom stereocenters. The summed E-state index contributed by atoms with van der Waals surface area (Å²) in [5.41, 5.74) is 0.741. The summed E-state index contributed by atoms with van der Waals surface area (Å²) in [6.07, 6.45) is 0.679. The van der Waals surface area contributed by atoms with E-state index in [4.69, 9.17) is 9.47 Å². The maximum atomic E-state index is 12.3. The summed E-state index contributed by atoms with van der Waals surface area (Å²) in [5.74, 6) is -1.78. The third-order valence-corrected chi connectivity index (χ3v) is 4.22. The molecule has 126 valence electrons. The molecule has 1 aromatic carbocycles. The molecule has 1 heterocycles. The number of carboxylic acids is 1. The number of rotatable bonds is 7. The van der Waals surface area contributed by atoms with E-state index < -0.39 is 18.0 Å². The number of methoxy groups -OCH3 is 1. The fraction of sp³-hybridized carbons (Fsp3) is 0.529. The normalized spacial score (nSPS) is 18.1. The van der Waals surface area contributed by atoms with Crippen molar-refractivity contribution in [3.63, 3.8) is 0 Å². The Hall–Kier alpha value is -1.92. The molecule has 1 aliphatic rings. The van der Waals surface area contributed by atoms with Gasteiger partial charge >= 0.3 is 5.97 Å². The summed E-state index contributed by atoms with van der Waals surface area (Å²) in [4.78, 5) is 23.8. The van der Waals surface area contributed by atoms with E-state index in [1.807, 2.05) is 18.2 Å². The molecule has 1 aromatic rings. The minimum atomic E-state index is -0.883. The molecule has 6 nitrogen and oxygen atoms in total. The molecule has 0 saturated carbocycles. The highest BCUT2D eigenvalue weighted by molar-refractivity contribution is 5.82. The highest BCUT2D eigenvalue weighted by atomic mass is 16.5. The number of carbonyl (C=O) groups excluding carboxylic acids is 1. The summed E-state index contributed by atoms with van der Waals surface area (Å²) in [6, 6.07) is 9.13. The van der Waals surface area contributed by atoms with Crippen LogP contribution < -0.4 is 5.32 Å². The van der Waals surface area contributed by atoms with Crippen molar-refractivity contribution in [3.05, 3.63) is 35.9 Å². The molecule has 23 heavy (non-hydrogen) atoms. The zero-order valence-corrected chi connectivity index (χ0v) is 13.2. The number of nitrogens with one attached hydrogen (secondary N) is 1. The van der Waals surface area contributed by atoms with Crippen LogP contribution in [0.15, 0.2) is 30.3 Å². The van der Waals surface area contributed by atoms with Gasteiger partial charge in [0.2, 0.25) is 0 Å². The average molecular weight is 321 g/mol. The molecule has 2 N–H and O–H groups in total. The van der Waals surface area contributed by atoms with E-state index >= 15 is 0 Å². The molecule has 0 aliphatic carbocycles. The van der Waals surface area contributed by atoms with Crippen LogP contribution in [0.2, 0.25) is 0 Å². The first-order valence-corrected chi connectivity index (χ1v) is 7.79. The fourth-order valence-corrected chi connectivity index (χ4v) is 2.90. The fourth-order valence-electron chi connectivity index (χ4n) is 2.90. The van der Waals surface area contributed by atoms with Crippen molar-refractivity contribution in [2.24, 2.45) is 11.8 Å². The third-order valence-electron chi connectivity index (χ3n) is 4.22. The Morgan fingerprint density at radius 3 is 2.52 bits per heavy atom. The van der Waals surface area contributed by atoms with Crippen molar-refractivity contribution < 1.29 is 24.2 Å². The van der Waals surface area contributed by atoms with Crippen LogP contribution in [-0.4, -0.2) is 43.9 Å². The molecule has 1 amide bonds. The molecule has 1 aliphatic heterocycles. The number of hydrogen-bond acceptors (Lipinski definition) is 4. The van der Waals surface area contributed by atoms with Gasteiger partial charge in [-0.15, -0.1) is 0 Å². The zero-order valence-electron chi connectivity index (χ0n) is 13.2. The van der Waals surface area contributed by atoms with Crippen molar-refractivity contribution in [3.8, 4) is 0 Å². The third kappa shape index (κ3) is 4.77. The number of hydrogen-bond donors (Lipinski definition) is 2. The second-order valence-corrected chi connectivity index (χ2v) is 5.67. The minimum absolute atomic E-state index is 0.0271. The lowest BCUT2D eigenvalue weighted by Crippen LogP contribution is -2.40. The van der Waals surface area contributed by atoms with E-state index in [1.165, 1.54) is 7.11 Å². The lowest BCUT2D eigenvalue weighted by Gasteiger charge is -2.28. The Morgan fingerprint density at radius 2 is 1.96 bits per heavy atom. The van der Waals surface area contributed by atoms with Crippen LogP contribution in [-0.2, 0) is 19.1 Å². The van der Waals surface area contributed by atoms with Gasteiger partial charge in [-0.05, 0) is 24.3 Å². The molecule has 6 heteroatoms. The second-order valence-electron chi connectivity index (χ2n) is 5.67. The van der Waals surface area contributed by atoms with Crippen LogP contribution >= 0.6 is 0 Å². The molecule has 1 saturated heterocycles. The van der Waals surface area contributed by atoms with E-state index in [0.717, 1.165) is 5.56 Å². The van der Waals surface area contributed by atoms with E-state index in [1.54, 1.807) is 12.1 Å². The number of ether oxygens (including phenoxy) is 2. The highest BCUT2D eigenvalue weighted by Gasteiger charge is 2.31. The topological polar surface area (TPSA) is 84.9 Å². The Kier molecular flexibility index (Phi) is 6.55. The van der Waals surface area contributed by atoms with E-state index in [-0.39, 0.29) is 18.4 Å². The second kappa shape index (κ2) is 8.64. The largest absolute Gasteiger partial charge is 0.481 e. The van der Waals surface area contributed by atoms with Crippen molar-refractivity contribution in [1.82, 2.24) is 5.32 Å². The van der Waals surface area contributed by atoms with Crippen molar-refractivity contribution in [1.29, 1.82) is 0 Å². The van der Waals surface area contributed by atoms with Gasteiger partial charge in [-0.25, -0.2) is 0 Å². The van der Waals surface area contributed by atoms with Crippen LogP contribution in [0.5, 0.6) is 0 Å². The van der Waals surface area contributed by atoms with E-state index in [0.29, 0.717) is 26.1 Å². The van der Waals surface area contributed by atoms with Crippen LogP contribution in [0.25, 0.3) is 0 Å². The van der Waals surface area contributed by atoms with Gasteiger partial charge in [0.15, 0.2) is 6.10 Å². The monoisotopic (exact) mass is 321 g/mol. The maximum absolute atomic E-state index is 12.3. The molecular formula is C17H23NO5. The van der Waals surface area contributed by atoms with Gasteiger partial charge in [0.05, 0.1) is 5.92 Å². The van der Waals surface area contributed by atoms with Crippen LogP contribution in [0, 0.1) is 11.8 Å². The number of carboxylic acid groups (broad SMARTS) is 1. The van der Waals surface area contributed by atoms with Gasteiger partial charge in [-0.3, -0.25) is 9.59 Å². The van der Waals surface area contributed by atoms with Gasteiger partial charge in [0.25, 0.3) is 5.91 Å². The first kappa shape index (κ1) is 17.4. The first-order valence-electron chi connectivity index (χ1n) is 7.79. The first-order chi connectivity index (χ1) is 11.1. The summed E-state index contributed by atoms with van der Waals surface area (Å²) >= 11 is 0. The van der Waals surface area contributed by atoms with Crippen molar-refractivity contribution >= 4 is 11.9 Å². The van der Waals surface area contributed by atoms with Gasteiger partial charge in [-0.2, -0.15) is 0 Å². The predicted molar refractivity (Wildman–Crippen MR) is 83.9 cm³/mol. The Bertz CT molecular complexity index is 513. The van der Waals surface area contributed by atoms with E-state index in [9.17, 15) is 14.7 Å². The summed E-state index contributed by atoms with van der Waals surface area (Å²) < 4.78 is 10.5. The summed E-state index contributed by atoms with van der Waals surface area (Å²) in [7, 11) is 1.46. The van der Waals surface area contributed by atoms with Gasteiger partial charge < -0.3 is 19.9 Å². The summed E-state index contributed by atoms with van der Waals surface area (Å²) in [5, 5.41) is 12.2. The molecular weight excluding hydrogens is 298 g/mol. The molecule has 2 atom stereocenters. The van der Waals surface area contributed by atoms with E-state index in [2.05, 4.69) is 5.32 Å². The van der Waals surface area contributed by atoms with Gasteiger partial charge in [0, 0.05) is 26.9 Å². The Labute approximate surface area is 135 Å². The minimum Gasteiger partial charge on any atom is -0.481 e. The molecule has 0 bridgehead atoms. The smallest absolute Gasteiger partial charge is 0.308 e. The molecule has 0 aromatic heterocycles. The van der Waals surface area contributed by atoms with Crippen LogP contribution in [0.4, 0.5) is 0 Å². The van der Waals surface area contributed by atoms with Crippen LogP contribution in [0.3, 0.4) is 0 Å². The molecule has 0 radical (unpaired) electrons. The number of benzene rings is 1. The van der Waals surface area contributed by atoms with Crippen LogP contribution in [0.1, 0.15) is 24.5 Å². The predicted octanol–water partition coefficient (Wildman–Crippen LogP) is 1.62. The number of amides is 1. The van der Waals surface area contributed by atoms with Gasteiger partial charge in [0.1, 0.15) is 0 Å². The molecule has 0 spiro atoms. The lowest BCUT2D eigenvalue weighted by atomic mass is 9.86. The molecule has 2 rings (SSSR count). The highest BCUT2D eigenvalue weighted by Crippen LogP contribution is 2.24. The van der Waals surface area contributed by atoms with Gasteiger partial charge in [-0.1, -0.05) is 30.3 Å². The van der Waals surface area contributed by atoms with Crippen molar-refractivity contribution in [2.75, 3.05) is 26.9 Å². The Balaban J connectivity index is 1.96. The quantitative estimate of drug-likeness (QED) is 0.797. The van der Waals surface area contributed by atoms with Crippen molar-refractivity contribution in [2.45, 2.75) is 18.9 Å². The average Bonchev–Trinajstić information content (AvgIpc) is 2.57. The maximum Gasteiger partial charge on any atom is 0.308 e. The summed E-state index contributed by atoms with van der Waals surface area (Å²) in [6.45, 7) is 1.26. The number of aliphatic carboxylic acids is 1.